The Labute approximate surface area is 156 Å². The van der Waals surface area contributed by atoms with Gasteiger partial charge in [-0.25, -0.2) is 8.42 Å². The molecule has 27 heavy (non-hydrogen) atoms. The van der Waals surface area contributed by atoms with Crippen LogP contribution in [-0.4, -0.2) is 32.9 Å². The first-order chi connectivity index (χ1) is 12.6. The number of thiophene rings is 1. The molecule has 0 saturated carbocycles. The van der Waals surface area contributed by atoms with Crippen molar-refractivity contribution in [2.75, 3.05) is 7.11 Å². The average Bonchev–Trinajstić information content (AvgIpc) is 3.14. The maximum atomic E-state index is 12.6. The van der Waals surface area contributed by atoms with Gasteiger partial charge >= 0.3 is 11.5 Å². The molecule has 0 aliphatic rings. The predicted molar refractivity (Wildman–Crippen MR) is 90.8 cm³/mol. The number of esters is 1. The molecule has 1 atom stereocenters. The lowest BCUT2D eigenvalue weighted by Gasteiger charge is -2.16. The van der Waals surface area contributed by atoms with Gasteiger partial charge in [0.2, 0.25) is 0 Å². The predicted octanol–water partition coefficient (Wildman–Crippen LogP) is 3.08. The number of amides is 1. The van der Waals surface area contributed by atoms with Gasteiger partial charge in [-0.3, -0.25) is 9.59 Å². The lowest BCUT2D eigenvalue weighted by molar-refractivity contribution is -0.141. The molecule has 11 heteroatoms. The van der Waals surface area contributed by atoms with E-state index in [1.807, 2.05) is 0 Å². The van der Waals surface area contributed by atoms with Crippen molar-refractivity contribution in [2.24, 2.45) is 0 Å². The molecule has 1 amide bonds. The Morgan fingerprint density at radius 1 is 1.19 bits per heavy atom. The van der Waals surface area contributed by atoms with E-state index in [4.69, 9.17) is 0 Å². The summed E-state index contributed by atoms with van der Waals surface area (Å²) in [6, 6.07) is 6.10. The van der Waals surface area contributed by atoms with Gasteiger partial charge in [-0.1, -0.05) is 6.07 Å². The first-order valence-corrected chi connectivity index (χ1v) is 9.75. The molecule has 1 aromatic carbocycles. The van der Waals surface area contributed by atoms with E-state index in [-0.39, 0.29) is 12.0 Å². The molecule has 0 spiro atoms. The molecule has 0 aliphatic carbocycles. The van der Waals surface area contributed by atoms with Crippen LogP contribution in [0.25, 0.3) is 0 Å². The molecular formula is C16H14F3NO5S2. The second-order valence-corrected chi connectivity index (χ2v) is 8.22. The zero-order valence-electron chi connectivity index (χ0n) is 13.8. The number of hydrogen-bond acceptors (Lipinski definition) is 6. The summed E-state index contributed by atoms with van der Waals surface area (Å²) >= 11 is 1.30. The van der Waals surface area contributed by atoms with Crippen LogP contribution in [0.1, 0.15) is 27.7 Å². The van der Waals surface area contributed by atoms with Crippen LogP contribution in [0.2, 0.25) is 0 Å². The van der Waals surface area contributed by atoms with Crippen molar-refractivity contribution >= 4 is 33.1 Å². The van der Waals surface area contributed by atoms with Crippen LogP contribution < -0.4 is 5.32 Å². The highest BCUT2D eigenvalue weighted by Crippen LogP contribution is 2.30. The monoisotopic (exact) mass is 421 g/mol. The molecule has 0 saturated heterocycles. The molecule has 1 aromatic heterocycles. The summed E-state index contributed by atoms with van der Waals surface area (Å²) in [5.74, 6) is -1.23. The minimum Gasteiger partial charge on any atom is -0.469 e. The highest BCUT2D eigenvalue weighted by atomic mass is 32.2. The Hall–Kier alpha value is -2.40. The average molecular weight is 421 g/mol. The van der Waals surface area contributed by atoms with Crippen molar-refractivity contribution in [1.82, 2.24) is 5.32 Å². The SMILES string of the molecule is COC(=O)CC(NC(=O)c1ccc(S(=O)(=O)C(F)(F)F)cc1)c1cccs1. The number of carbonyl (C=O) groups is 2. The van der Waals surface area contributed by atoms with Gasteiger partial charge in [0.15, 0.2) is 0 Å². The van der Waals surface area contributed by atoms with Gasteiger partial charge in [-0.15, -0.1) is 11.3 Å². The number of nitrogens with one attached hydrogen (secondary N) is 1. The second kappa shape index (κ2) is 8.09. The molecule has 2 rings (SSSR count). The molecule has 0 aliphatic heterocycles. The van der Waals surface area contributed by atoms with Gasteiger partial charge < -0.3 is 10.1 Å². The molecule has 0 fully saturated rings. The Kier molecular flexibility index (Phi) is 6.26. The van der Waals surface area contributed by atoms with Gasteiger partial charge in [0, 0.05) is 10.4 Å². The van der Waals surface area contributed by atoms with Crippen molar-refractivity contribution in [2.45, 2.75) is 22.9 Å². The summed E-state index contributed by atoms with van der Waals surface area (Å²) in [7, 11) is -4.28. The van der Waals surface area contributed by atoms with E-state index in [0.29, 0.717) is 17.0 Å². The largest absolute Gasteiger partial charge is 0.501 e. The standard InChI is InChI=1S/C16H14F3NO5S2/c1-25-14(21)9-12(13-3-2-8-26-13)20-15(22)10-4-6-11(7-5-10)27(23,24)16(17,18)19/h2-8,12H,9H2,1H3,(H,20,22). The zero-order chi connectivity index (χ0) is 20.2. The van der Waals surface area contributed by atoms with E-state index in [2.05, 4.69) is 10.1 Å². The number of sulfone groups is 1. The van der Waals surface area contributed by atoms with Gasteiger partial charge in [-0.2, -0.15) is 13.2 Å². The minimum absolute atomic E-state index is 0.0532. The highest BCUT2D eigenvalue weighted by molar-refractivity contribution is 7.92. The molecule has 0 bridgehead atoms. The fraction of sp³-hybridized carbons (Fsp3) is 0.250. The molecule has 2 aromatic rings. The molecular weight excluding hydrogens is 407 g/mol. The summed E-state index contributed by atoms with van der Waals surface area (Å²) in [6.45, 7) is 0. The Balaban J connectivity index is 2.20. The van der Waals surface area contributed by atoms with Gasteiger partial charge in [0.05, 0.1) is 24.5 Å². The van der Waals surface area contributed by atoms with E-state index in [9.17, 15) is 31.2 Å². The topological polar surface area (TPSA) is 89.5 Å². The van der Waals surface area contributed by atoms with Crippen LogP contribution >= 0.6 is 11.3 Å². The third-order valence-electron chi connectivity index (χ3n) is 3.52. The molecule has 1 heterocycles. The summed E-state index contributed by atoms with van der Waals surface area (Å²) in [6.07, 6.45) is -0.136. The van der Waals surface area contributed by atoms with Crippen molar-refractivity contribution in [1.29, 1.82) is 0 Å². The van der Waals surface area contributed by atoms with Crippen LogP contribution in [0.5, 0.6) is 0 Å². The first kappa shape index (κ1) is 20.9. The van der Waals surface area contributed by atoms with Gasteiger partial charge in [-0.05, 0) is 35.7 Å². The fourth-order valence-electron chi connectivity index (χ4n) is 2.12. The van der Waals surface area contributed by atoms with Crippen molar-refractivity contribution in [3.05, 3.63) is 52.2 Å². The number of halogens is 3. The van der Waals surface area contributed by atoms with E-state index < -0.39 is 38.2 Å². The Morgan fingerprint density at radius 3 is 2.30 bits per heavy atom. The summed E-state index contributed by atoms with van der Waals surface area (Å²) < 4.78 is 64.9. The van der Waals surface area contributed by atoms with E-state index >= 15 is 0 Å². The number of hydrogen-bond donors (Lipinski definition) is 1. The molecule has 1 unspecified atom stereocenters. The van der Waals surface area contributed by atoms with E-state index in [1.54, 1.807) is 17.5 Å². The summed E-state index contributed by atoms with van der Waals surface area (Å²) in [4.78, 5) is 23.6. The quantitative estimate of drug-likeness (QED) is 0.724. The van der Waals surface area contributed by atoms with Crippen LogP contribution in [0.3, 0.4) is 0 Å². The van der Waals surface area contributed by atoms with Gasteiger partial charge in [0.1, 0.15) is 0 Å². The number of carbonyl (C=O) groups excluding carboxylic acids is 2. The van der Waals surface area contributed by atoms with Crippen molar-refractivity contribution < 1.29 is 35.9 Å². The maximum Gasteiger partial charge on any atom is 0.501 e. The normalized spacial score (nSPS) is 13.0. The molecule has 0 radical (unpaired) electrons. The van der Waals surface area contributed by atoms with Crippen LogP contribution in [0.15, 0.2) is 46.7 Å². The lowest BCUT2D eigenvalue weighted by atomic mass is 10.1. The zero-order valence-corrected chi connectivity index (χ0v) is 15.5. The van der Waals surface area contributed by atoms with Crippen LogP contribution in [0.4, 0.5) is 13.2 Å². The third-order valence-corrected chi connectivity index (χ3v) is 6.01. The lowest BCUT2D eigenvalue weighted by Crippen LogP contribution is -2.30. The smallest absolute Gasteiger partial charge is 0.469 e. The number of rotatable bonds is 6. The number of methoxy groups -OCH3 is 1. The number of ether oxygens (including phenoxy) is 1. The summed E-state index contributed by atoms with van der Waals surface area (Å²) in [5, 5.41) is 4.34. The molecule has 6 nitrogen and oxygen atoms in total. The minimum atomic E-state index is -5.49. The van der Waals surface area contributed by atoms with Crippen molar-refractivity contribution in [3.63, 3.8) is 0 Å². The first-order valence-electron chi connectivity index (χ1n) is 7.38. The Morgan fingerprint density at radius 2 is 1.81 bits per heavy atom. The molecule has 1 N–H and O–H groups in total. The molecule has 146 valence electrons. The summed E-state index contributed by atoms with van der Waals surface area (Å²) in [5.41, 5.74) is -5.48. The van der Waals surface area contributed by atoms with E-state index in [0.717, 1.165) is 12.1 Å². The van der Waals surface area contributed by atoms with Crippen LogP contribution in [0, 0.1) is 0 Å². The number of alkyl halides is 3. The fourth-order valence-corrected chi connectivity index (χ4v) is 3.66. The van der Waals surface area contributed by atoms with Crippen molar-refractivity contribution in [3.8, 4) is 0 Å². The van der Waals surface area contributed by atoms with Gasteiger partial charge in [0.25, 0.3) is 15.7 Å². The number of benzene rings is 1. The maximum absolute atomic E-state index is 12.6. The highest BCUT2D eigenvalue weighted by Gasteiger charge is 2.46. The Bertz CT molecular complexity index is 907. The third kappa shape index (κ3) is 4.86. The van der Waals surface area contributed by atoms with Crippen LogP contribution in [-0.2, 0) is 19.4 Å². The second-order valence-electron chi connectivity index (χ2n) is 5.30. The van der Waals surface area contributed by atoms with E-state index in [1.165, 1.54) is 18.4 Å².